The van der Waals surface area contributed by atoms with E-state index >= 15 is 0 Å². The molecular formula is C15H16N4O4S. The van der Waals surface area contributed by atoms with E-state index in [1.165, 1.54) is 12.6 Å². The van der Waals surface area contributed by atoms with E-state index in [4.69, 9.17) is 9.26 Å². The maximum atomic E-state index is 11.1. The lowest BCUT2D eigenvalue weighted by Crippen LogP contribution is -2.11. The molecule has 3 aromatic rings. The average molecular weight is 348 g/mol. The lowest BCUT2D eigenvalue weighted by molar-refractivity contribution is 0.341. The van der Waals surface area contributed by atoms with Gasteiger partial charge < -0.3 is 14.6 Å². The minimum absolute atomic E-state index is 0.0152. The fourth-order valence-corrected chi connectivity index (χ4v) is 2.49. The van der Waals surface area contributed by atoms with Crippen LogP contribution in [0.5, 0.6) is 5.75 Å². The van der Waals surface area contributed by atoms with Gasteiger partial charge >= 0.3 is 0 Å². The molecule has 0 radical (unpaired) electrons. The highest BCUT2D eigenvalue weighted by molar-refractivity contribution is 7.90. The summed E-state index contributed by atoms with van der Waals surface area (Å²) < 4.78 is 32.7. The quantitative estimate of drug-likeness (QED) is 0.721. The number of hydrogen-bond donors (Lipinski definition) is 1. The van der Waals surface area contributed by atoms with Crippen LogP contribution in [0, 0.1) is 6.92 Å². The molecule has 2 aromatic heterocycles. The highest BCUT2D eigenvalue weighted by atomic mass is 32.2. The SMILES string of the molecule is Cc1noc2ncnc(Nc3ccc(OCCS(C)(=O)=O)cc3)c12. The van der Waals surface area contributed by atoms with E-state index in [0.29, 0.717) is 23.0 Å². The second-order valence-electron chi connectivity index (χ2n) is 5.30. The van der Waals surface area contributed by atoms with Crippen LogP contribution in [0.3, 0.4) is 0 Å². The second-order valence-corrected chi connectivity index (χ2v) is 7.56. The Morgan fingerprint density at radius 1 is 1.21 bits per heavy atom. The molecule has 24 heavy (non-hydrogen) atoms. The van der Waals surface area contributed by atoms with E-state index in [-0.39, 0.29) is 12.4 Å². The molecule has 0 aliphatic rings. The first-order chi connectivity index (χ1) is 11.4. The summed E-state index contributed by atoms with van der Waals surface area (Å²) in [6.45, 7) is 1.94. The molecule has 1 N–H and O–H groups in total. The van der Waals surface area contributed by atoms with E-state index in [0.717, 1.165) is 11.1 Å². The van der Waals surface area contributed by atoms with Crippen LogP contribution < -0.4 is 10.1 Å². The largest absolute Gasteiger partial charge is 0.493 e. The maximum Gasteiger partial charge on any atom is 0.263 e. The van der Waals surface area contributed by atoms with Crippen LogP contribution in [0.2, 0.25) is 0 Å². The molecule has 2 heterocycles. The topological polar surface area (TPSA) is 107 Å². The minimum Gasteiger partial charge on any atom is -0.493 e. The molecule has 0 bridgehead atoms. The number of aryl methyl sites for hydroxylation is 1. The Morgan fingerprint density at radius 3 is 2.67 bits per heavy atom. The fraction of sp³-hybridized carbons (Fsp3) is 0.267. The van der Waals surface area contributed by atoms with Crippen LogP contribution >= 0.6 is 0 Å². The van der Waals surface area contributed by atoms with Crippen LogP contribution in [0.15, 0.2) is 35.1 Å². The van der Waals surface area contributed by atoms with Gasteiger partial charge in [-0.1, -0.05) is 5.16 Å². The van der Waals surface area contributed by atoms with Gasteiger partial charge in [-0.25, -0.2) is 13.4 Å². The molecule has 1 aromatic carbocycles. The standard InChI is InChI=1S/C15H16N4O4S/c1-10-13-14(16-9-17-15(13)23-19-10)18-11-3-5-12(6-4-11)22-7-8-24(2,20)21/h3-6,9H,7-8H2,1-2H3,(H,16,17,18). The first-order valence-electron chi connectivity index (χ1n) is 7.17. The Hall–Kier alpha value is -2.68. The number of sulfone groups is 1. The summed E-state index contributed by atoms with van der Waals surface area (Å²) in [4.78, 5) is 8.24. The normalized spacial score (nSPS) is 11.6. The fourth-order valence-electron chi connectivity index (χ4n) is 2.10. The first kappa shape index (κ1) is 16.2. The van der Waals surface area contributed by atoms with Crippen molar-refractivity contribution in [1.29, 1.82) is 0 Å². The van der Waals surface area contributed by atoms with Crippen LogP contribution in [-0.4, -0.2) is 42.2 Å². The number of rotatable bonds is 6. The lowest BCUT2D eigenvalue weighted by Gasteiger charge is -2.08. The third-order valence-electron chi connectivity index (χ3n) is 3.28. The molecule has 0 aliphatic carbocycles. The summed E-state index contributed by atoms with van der Waals surface area (Å²) in [6.07, 6.45) is 2.58. The zero-order chi connectivity index (χ0) is 17.2. The number of nitrogens with zero attached hydrogens (tertiary/aromatic N) is 3. The molecule has 8 nitrogen and oxygen atoms in total. The number of ether oxygens (including phenoxy) is 1. The molecule has 0 saturated carbocycles. The van der Waals surface area contributed by atoms with Gasteiger partial charge in [0.15, 0.2) is 9.84 Å². The van der Waals surface area contributed by atoms with E-state index in [1.807, 2.05) is 19.1 Å². The first-order valence-corrected chi connectivity index (χ1v) is 9.23. The number of fused-ring (bicyclic) bond motifs is 1. The number of benzene rings is 1. The molecule has 0 atom stereocenters. The van der Waals surface area contributed by atoms with Crippen molar-refractivity contribution in [3.05, 3.63) is 36.3 Å². The zero-order valence-corrected chi connectivity index (χ0v) is 14.0. The number of nitrogens with one attached hydrogen (secondary N) is 1. The van der Waals surface area contributed by atoms with Gasteiger partial charge in [-0.15, -0.1) is 0 Å². The molecule has 0 aliphatic heterocycles. The van der Waals surface area contributed by atoms with Gasteiger partial charge in [0.05, 0.1) is 11.4 Å². The van der Waals surface area contributed by atoms with Crippen molar-refractivity contribution in [2.45, 2.75) is 6.92 Å². The van der Waals surface area contributed by atoms with E-state index < -0.39 is 9.84 Å². The van der Waals surface area contributed by atoms with Gasteiger partial charge in [0.1, 0.15) is 29.9 Å². The smallest absolute Gasteiger partial charge is 0.263 e. The number of anilines is 2. The Labute approximate surface area is 138 Å². The van der Waals surface area contributed by atoms with Crippen molar-refractivity contribution in [3.63, 3.8) is 0 Å². The molecule has 0 fully saturated rings. The van der Waals surface area contributed by atoms with Gasteiger partial charge in [0.25, 0.3) is 5.71 Å². The second kappa shape index (κ2) is 6.44. The third-order valence-corrected chi connectivity index (χ3v) is 4.19. The summed E-state index contributed by atoms with van der Waals surface area (Å²) >= 11 is 0. The van der Waals surface area contributed by atoms with E-state index in [9.17, 15) is 8.42 Å². The molecule has 0 spiro atoms. The summed E-state index contributed by atoms with van der Waals surface area (Å²) in [6, 6.07) is 7.13. The molecule has 9 heteroatoms. The summed E-state index contributed by atoms with van der Waals surface area (Å²) in [5.41, 5.74) is 1.92. The Balaban J connectivity index is 1.71. The molecule has 0 saturated heterocycles. The predicted octanol–water partition coefficient (Wildman–Crippen LogP) is 2.09. The van der Waals surface area contributed by atoms with Gasteiger partial charge in [0, 0.05) is 11.9 Å². The Morgan fingerprint density at radius 2 is 1.96 bits per heavy atom. The molecule has 126 valence electrons. The van der Waals surface area contributed by atoms with E-state index in [2.05, 4.69) is 20.4 Å². The summed E-state index contributed by atoms with van der Waals surface area (Å²) in [5.74, 6) is 1.18. The van der Waals surface area contributed by atoms with Gasteiger partial charge in [0.2, 0.25) is 0 Å². The maximum absolute atomic E-state index is 11.1. The van der Waals surface area contributed by atoms with Gasteiger partial charge in [-0.05, 0) is 31.2 Å². The van der Waals surface area contributed by atoms with Crippen molar-refractivity contribution >= 4 is 32.4 Å². The van der Waals surface area contributed by atoms with Gasteiger partial charge in [-0.3, -0.25) is 0 Å². The van der Waals surface area contributed by atoms with Crippen molar-refractivity contribution < 1.29 is 17.7 Å². The predicted molar refractivity (Wildman–Crippen MR) is 89.3 cm³/mol. The van der Waals surface area contributed by atoms with Crippen molar-refractivity contribution in [3.8, 4) is 5.75 Å². The lowest BCUT2D eigenvalue weighted by atomic mass is 10.2. The Kier molecular flexibility index (Phi) is 4.34. The van der Waals surface area contributed by atoms with Crippen molar-refractivity contribution in [2.75, 3.05) is 23.9 Å². The third kappa shape index (κ3) is 3.80. The van der Waals surface area contributed by atoms with Gasteiger partial charge in [-0.2, -0.15) is 4.98 Å². The van der Waals surface area contributed by atoms with Crippen LogP contribution in [0.4, 0.5) is 11.5 Å². The Bertz CT molecular complexity index is 951. The summed E-state index contributed by atoms with van der Waals surface area (Å²) in [7, 11) is -3.03. The van der Waals surface area contributed by atoms with Crippen molar-refractivity contribution in [1.82, 2.24) is 15.1 Å². The average Bonchev–Trinajstić information content (AvgIpc) is 2.90. The van der Waals surface area contributed by atoms with Crippen LogP contribution in [0.1, 0.15) is 5.69 Å². The molecule has 0 amide bonds. The highest BCUT2D eigenvalue weighted by Gasteiger charge is 2.12. The number of hydrogen-bond acceptors (Lipinski definition) is 8. The number of aromatic nitrogens is 3. The van der Waals surface area contributed by atoms with E-state index in [1.54, 1.807) is 12.1 Å². The van der Waals surface area contributed by atoms with Crippen molar-refractivity contribution in [2.24, 2.45) is 0 Å². The minimum atomic E-state index is -3.03. The molecule has 0 unspecified atom stereocenters. The zero-order valence-electron chi connectivity index (χ0n) is 13.2. The highest BCUT2D eigenvalue weighted by Crippen LogP contribution is 2.26. The van der Waals surface area contributed by atoms with Crippen LogP contribution in [0.25, 0.3) is 11.1 Å². The molecule has 3 rings (SSSR count). The van der Waals surface area contributed by atoms with Crippen LogP contribution in [-0.2, 0) is 9.84 Å². The molecular weight excluding hydrogens is 332 g/mol. The summed E-state index contributed by atoms with van der Waals surface area (Å²) in [5, 5.41) is 7.79. The monoisotopic (exact) mass is 348 g/mol.